The van der Waals surface area contributed by atoms with Gasteiger partial charge in [0.1, 0.15) is 11.2 Å². The van der Waals surface area contributed by atoms with Crippen LogP contribution < -0.4 is 0 Å². The Kier molecular flexibility index (Phi) is 5.35. The quantitative estimate of drug-likeness (QED) is 0.246. The molecule has 0 spiro atoms. The molecular formula is C32H28F3NO. The fourth-order valence-electron chi connectivity index (χ4n) is 5.35. The zero-order valence-corrected chi connectivity index (χ0v) is 20.8. The van der Waals surface area contributed by atoms with Gasteiger partial charge in [-0.25, -0.2) is 0 Å². The number of alkyl halides is 3. The van der Waals surface area contributed by atoms with Gasteiger partial charge in [0, 0.05) is 23.9 Å². The third-order valence-electron chi connectivity index (χ3n) is 7.70. The molecule has 1 aliphatic carbocycles. The highest BCUT2D eigenvalue weighted by Gasteiger charge is 2.31. The Morgan fingerprint density at radius 1 is 0.892 bits per heavy atom. The first-order valence-corrected chi connectivity index (χ1v) is 12.6. The fourth-order valence-corrected chi connectivity index (χ4v) is 5.35. The standard InChI is InChI=1S/C32H28F3NO/c1-31(2)15-12-22(13-16-31)20-6-8-21(9-7-20)23-14-17-36-28(18-23)27-5-3-4-26-25-11-10-24(32(33,34)35)19-29(25)37-30(26)27/h3-11,14,17-19,22H,12-13,15-16H2,1-2H3/i22D. The predicted octanol–water partition coefficient (Wildman–Crippen LogP) is 10.0. The van der Waals surface area contributed by atoms with E-state index < -0.39 is 17.6 Å². The van der Waals surface area contributed by atoms with E-state index in [-0.39, 0.29) is 5.58 Å². The van der Waals surface area contributed by atoms with E-state index >= 15 is 0 Å². The SMILES string of the molecule is [2H]C1(c2ccc(-c3ccnc(-c4cccc5c4oc4cc(C(F)(F)F)ccc45)c3)cc2)CCC(C)(C)CC1. The van der Waals surface area contributed by atoms with Gasteiger partial charge in [-0.1, -0.05) is 50.2 Å². The maximum Gasteiger partial charge on any atom is 0.416 e. The van der Waals surface area contributed by atoms with Gasteiger partial charge in [-0.2, -0.15) is 13.2 Å². The molecule has 0 amide bonds. The molecule has 2 aromatic heterocycles. The van der Waals surface area contributed by atoms with Crippen molar-refractivity contribution in [3.05, 3.63) is 90.1 Å². The summed E-state index contributed by atoms with van der Waals surface area (Å²) < 4.78 is 54.7. The van der Waals surface area contributed by atoms with Crippen LogP contribution in [0, 0.1) is 5.41 Å². The number of aromatic nitrogens is 1. The molecule has 1 saturated carbocycles. The maximum atomic E-state index is 13.2. The molecule has 0 N–H and O–H groups in total. The molecule has 5 heteroatoms. The second-order valence-corrected chi connectivity index (χ2v) is 10.8. The van der Waals surface area contributed by atoms with Crippen molar-refractivity contribution in [3.8, 4) is 22.4 Å². The van der Waals surface area contributed by atoms with E-state index in [2.05, 4.69) is 43.1 Å². The first-order chi connectivity index (χ1) is 18.0. The molecule has 1 aliphatic rings. The monoisotopic (exact) mass is 500 g/mol. The van der Waals surface area contributed by atoms with Gasteiger partial charge in [-0.3, -0.25) is 4.98 Å². The molecule has 6 rings (SSSR count). The molecule has 0 bridgehead atoms. The first kappa shape index (κ1) is 22.6. The van der Waals surface area contributed by atoms with Crippen molar-refractivity contribution in [1.82, 2.24) is 4.98 Å². The number of rotatable bonds is 3. The molecule has 3 aromatic carbocycles. The highest BCUT2D eigenvalue weighted by atomic mass is 19.4. The first-order valence-electron chi connectivity index (χ1n) is 13.1. The van der Waals surface area contributed by atoms with Crippen LogP contribution in [0.15, 0.2) is 83.4 Å². The van der Waals surface area contributed by atoms with Crippen LogP contribution in [0.1, 0.15) is 57.9 Å². The van der Waals surface area contributed by atoms with E-state index in [1.165, 1.54) is 6.07 Å². The summed E-state index contributed by atoms with van der Waals surface area (Å²) in [7, 11) is 0. The highest BCUT2D eigenvalue weighted by Crippen LogP contribution is 2.43. The van der Waals surface area contributed by atoms with Gasteiger partial charge in [0.25, 0.3) is 0 Å². The zero-order valence-electron chi connectivity index (χ0n) is 21.8. The van der Waals surface area contributed by atoms with Gasteiger partial charge in [0.2, 0.25) is 0 Å². The maximum absolute atomic E-state index is 13.2. The van der Waals surface area contributed by atoms with Crippen molar-refractivity contribution in [3.63, 3.8) is 0 Å². The van der Waals surface area contributed by atoms with Crippen LogP contribution in [-0.2, 0) is 6.18 Å². The number of fused-ring (bicyclic) bond motifs is 3. The Hall–Kier alpha value is -3.60. The number of hydrogen-bond acceptors (Lipinski definition) is 2. The van der Waals surface area contributed by atoms with E-state index in [0.29, 0.717) is 22.1 Å². The van der Waals surface area contributed by atoms with Gasteiger partial charge in [0.05, 0.1) is 11.3 Å². The molecule has 0 saturated heterocycles. The smallest absolute Gasteiger partial charge is 0.416 e. The Morgan fingerprint density at radius 2 is 1.65 bits per heavy atom. The van der Waals surface area contributed by atoms with Gasteiger partial charge in [0.15, 0.2) is 0 Å². The van der Waals surface area contributed by atoms with Crippen LogP contribution in [0.2, 0.25) is 0 Å². The summed E-state index contributed by atoms with van der Waals surface area (Å²) in [4.78, 5) is 4.56. The molecule has 37 heavy (non-hydrogen) atoms. The third kappa shape index (κ3) is 4.52. The average Bonchev–Trinajstić information content (AvgIpc) is 3.28. The molecule has 2 heterocycles. The minimum absolute atomic E-state index is 0.199. The molecule has 0 radical (unpaired) electrons. The van der Waals surface area contributed by atoms with Gasteiger partial charge < -0.3 is 4.42 Å². The number of pyridine rings is 1. The average molecular weight is 501 g/mol. The third-order valence-corrected chi connectivity index (χ3v) is 7.70. The molecule has 0 unspecified atom stereocenters. The number of para-hydroxylation sites is 1. The topological polar surface area (TPSA) is 26.0 Å². The van der Waals surface area contributed by atoms with Crippen molar-refractivity contribution in [2.75, 3.05) is 0 Å². The summed E-state index contributed by atoms with van der Waals surface area (Å²) in [5.74, 6) is -0.541. The minimum atomic E-state index is -4.44. The van der Waals surface area contributed by atoms with E-state index in [1.54, 1.807) is 6.20 Å². The van der Waals surface area contributed by atoms with Crippen molar-refractivity contribution >= 4 is 21.9 Å². The lowest BCUT2D eigenvalue weighted by molar-refractivity contribution is -0.137. The summed E-state index contributed by atoms with van der Waals surface area (Å²) in [5, 5.41) is 1.39. The molecule has 2 nitrogen and oxygen atoms in total. The summed E-state index contributed by atoms with van der Waals surface area (Å²) in [6.07, 6.45) is 1.13. The summed E-state index contributed by atoms with van der Waals surface area (Å²) in [6.45, 7) is 4.56. The Balaban J connectivity index is 1.35. The lowest BCUT2D eigenvalue weighted by Crippen LogP contribution is -2.20. The second-order valence-electron chi connectivity index (χ2n) is 10.8. The Bertz CT molecular complexity index is 1640. The summed E-state index contributed by atoms with van der Waals surface area (Å²) >= 11 is 0. The van der Waals surface area contributed by atoms with Crippen LogP contribution in [0.5, 0.6) is 0 Å². The zero-order chi connectivity index (χ0) is 26.7. The summed E-state index contributed by atoms with van der Waals surface area (Å²) in [5.41, 5.74) is 4.72. The van der Waals surface area contributed by atoms with Crippen LogP contribution in [0.3, 0.4) is 0 Å². The summed E-state index contributed by atoms with van der Waals surface area (Å²) in [6, 6.07) is 21.4. The van der Waals surface area contributed by atoms with E-state index in [1.807, 2.05) is 30.3 Å². The van der Waals surface area contributed by atoms with Crippen molar-refractivity contribution in [1.29, 1.82) is 0 Å². The van der Waals surface area contributed by atoms with Gasteiger partial charge >= 0.3 is 6.18 Å². The normalized spacial score (nSPS) is 17.7. The molecule has 0 atom stereocenters. The Morgan fingerprint density at radius 3 is 2.38 bits per heavy atom. The number of benzene rings is 3. The fraction of sp³-hybridized carbons (Fsp3) is 0.281. The second kappa shape index (κ2) is 8.76. The molecule has 188 valence electrons. The van der Waals surface area contributed by atoms with Gasteiger partial charge in [-0.15, -0.1) is 0 Å². The number of halogens is 3. The van der Waals surface area contributed by atoms with E-state index in [9.17, 15) is 13.2 Å². The number of nitrogens with zero attached hydrogens (tertiary/aromatic N) is 1. The molecule has 1 fully saturated rings. The van der Waals surface area contributed by atoms with Crippen LogP contribution in [0.25, 0.3) is 44.3 Å². The van der Waals surface area contributed by atoms with Crippen LogP contribution >= 0.6 is 0 Å². The highest BCUT2D eigenvalue weighted by molar-refractivity contribution is 6.09. The molecule has 5 aromatic rings. The molecular weight excluding hydrogens is 471 g/mol. The van der Waals surface area contributed by atoms with E-state index in [0.717, 1.165) is 65.5 Å². The van der Waals surface area contributed by atoms with Gasteiger partial charge in [-0.05, 0) is 90.1 Å². The lowest BCUT2D eigenvalue weighted by Gasteiger charge is -2.34. The van der Waals surface area contributed by atoms with Crippen molar-refractivity contribution in [2.24, 2.45) is 5.41 Å². The lowest BCUT2D eigenvalue weighted by atomic mass is 9.71. The molecule has 0 aliphatic heterocycles. The number of furan rings is 1. The largest absolute Gasteiger partial charge is 0.455 e. The van der Waals surface area contributed by atoms with Crippen molar-refractivity contribution in [2.45, 2.75) is 51.6 Å². The minimum Gasteiger partial charge on any atom is -0.455 e. The van der Waals surface area contributed by atoms with E-state index in [4.69, 9.17) is 5.79 Å². The van der Waals surface area contributed by atoms with Crippen LogP contribution in [0.4, 0.5) is 13.2 Å². The Labute approximate surface area is 215 Å². The van der Waals surface area contributed by atoms with Crippen LogP contribution in [-0.4, -0.2) is 4.98 Å². The number of hydrogen-bond donors (Lipinski definition) is 0. The van der Waals surface area contributed by atoms with Crippen molar-refractivity contribution < 1.29 is 19.0 Å². The predicted molar refractivity (Wildman–Crippen MR) is 142 cm³/mol.